The van der Waals surface area contributed by atoms with E-state index >= 15 is 0 Å². The van der Waals surface area contributed by atoms with Crippen LogP contribution >= 0.6 is 0 Å². The minimum Gasteiger partial charge on any atom is -0.493 e. The van der Waals surface area contributed by atoms with Crippen LogP contribution in [0.25, 0.3) is 0 Å². The topological polar surface area (TPSA) is 159 Å². The molecule has 0 amide bonds. The number of carbonyl (C=O) groups excluding carboxylic acids is 2. The predicted molar refractivity (Wildman–Crippen MR) is 176 cm³/mol. The van der Waals surface area contributed by atoms with Gasteiger partial charge in [0.1, 0.15) is 6.10 Å². The predicted octanol–water partition coefficient (Wildman–Crippen LogP) is 4.39. The standard InChI is InChI=1S/C36H58O12/c1-6-7-8-9-10-11-31(39)47-34-26(22-32(40)42-5)21-29-23-30(24-37)45-25(2)20-27(38)13-17-43-18-14-28-15-19-44-33(46-28)12-16-35(3,4)36(34,41)48-29/h12,16,22,27-30,33-34,37-38,41H,2,6-11,13-15,17-21,23-24H2,1,3-5H3/b16-12+,26-22+/t27-,28-,29+,30-,33+,34+,36-/m1/s1. The Morgan fingerprint density at radius 2 is 1.79 bits per heavy atom. The lowest BCUT2D eigenvalue weighted by Crippen LogP contribution is -2.62. The molecule has 0 unspecified atom stereocenters. The van der Waals surface area contributed by atoms with Gasteiger partial charge >= 0.3 is 11.9 Å². The molecule has 12 heteroatoms. The van der Waals surface area contributed by atoms with Gasteiger partial charge in [-0.2, -0.15) is 0 Å². The fourth-order valence-corrected chi connectivity index (χ4v) is 6.17. The summed E-state index contributed by atoms with van der Waals surface area (Å²) in [5.74, 6) is -3.10. The lowest BCUT2D eigenvalue weighted by atomic mass is 9.74. The quantitative estimate of drug-likeness (QED) is 0.136. The molecular formula is C36H58O12. The average Bonchev–Trinajstić information content (AvgIpc) is 3.04. The number of hydrogen-bond acceptors (Lipinski definition) is 12. The van der Waals surface area contributed by atoms with E-state index in [2.05, 4.69) is 13.5 Å². The number of hydrogen-bond donors (Lipinski definition) is 3. The first kappa shape index (κ1) is 40.1. The lowest BCUT2D eigenvalue weighted by molar-refractivity contribution is -0.327. The van der Waals surface area contributed by atoms with Crippen molar-refractivity contribution in [3.8, 4) is 0 Å². The zero-order valence-electron chi connectivity index (χ0n) is 29.2. The molecular weight excluding hydrogens is 624 g/mol. The molecule has 3 heterocycles. The summed E-state index contributed by atoms with van der Waals surface area (Å²) in [4.78, 5) is 25.8. The van der Waals surface area contributed by atoms with E-state index in [1.165, 1.54) is 13.2 Å². The largest absolute Gasteiger partial charge is 0.493 e. The van der Waals surface area contributed by atoms with Gasteiger partial charge < -0.3 is 48.5 Å². The molecule has 2 fully saturated rings. The van der Waals surface area contributed by atoms with Crippen molar-refractivity contribution in [1.29, 1.82) is 0 Å². The second-order valence-electron chi connectivity index (χ2n) is 13.5. The second-order valence-corrected chi connectivity index (χ2v) is 13.5. The molecule has 4 bridgehead atoms. The Morgan fingerprint density at radius 1 is 1.06 bits per heavy atom. The van der Waals surface area contributed by atoms with Crippen LogP contribution in [-0.2, 0) is 42.7 Å². The maximum absolute atomic E-state index is 13.2. The molecule has 0 saturated carbocycles. The van der Waals surface area contributed by atoms with Crippen molar-refractivity contribution < 1.29 is 58.1 Å². The Hall–Kier alpha value is -2.32. The van der Waals surface area contributed by atoms with Crippen molar-refractivity contribution in [2.45, 2.75) is 140 Å². The van der Waals surface area contributed by atoms with E-state index < -0.39 is 60.5 Å². The average molecular weight is 683 g/mol. The highest BCUT2D eigenvalue weighted by Gasteiger charge is 2.57. The summed E-state index contributed by atoms with van der Waals surface area (Å²) in [5, 5.41) is 33.3. The van der Waals surface area contributed by atoms with Gasteiger partial charge in [0, 0.05) is 44.0 Å². The number of unbranched alkanes of at least 4 members (excludes halogenated alkanes) is 4. The van der Waals surface area contributed by atoms with Gasteiger partial charge in [0.15, 0.2) is 12.4 Å². The first-order chi connectivity index (χ1) is 22.9. The third-order valence-electron chi connectivity index (χ3n) is 9.09. The van der Waals surface area contributed by atoms with Gasteiger partial charge in [0.25, 0.3) is 0 Å². The maximum Gasteiger partial charge on any atom is 0.330 e. The van der Waals surface area contributed by atoms with E-state index in [-0.39, 0.29) is 37.5 Å². The Morgan fingerprint density at radius 3 is 2.52 bits per heavy atom. The molecule has 7 atom stereocenters. The number of carbonyl (C=O) groups is 2. The van der Waals surface area contributed by atoms with Crippen LogP contribution in [0.1, 0.15) is 97.8 Å². The van der Waals surface area contributed by atoms with Gasteiger partial charge in [-0.3, -0.25) is 4.79 Å². The van der Waals surface area contributed by atoms with Gasteiger partial charge in [-0.15, -0.1) is 0 Å². The summed E-state index contributed by atoms with van der Waals surface area (Å²) in [7, 11) is 1.24. The van der Waals surface area contributed by atoms with Crippen molar-refractivity contribution in [3.63, 3.8) is 0 Å². The Balaban J connectivity index is 1.99. The fourth-order valence-electron chi connectivity index (χ4n) is 6.17. The Labute approximate surface area is 285 Å². The second kappa shape index (κ2) is 19.8. The van der Waals surface area contributed by atoms with Gasteiger partial charge in [0.2, 0.25) is 5.79 Å². The molecule has 3 aliphatic rings. The van der Waals surface area contributed by atoms with Crippen molar-refractivity contribution in [1.82, 2.24) is 0 Å². The highest BCUT2D eigenvalue weighted by Crippen LogP contribution is 2.47. The van der Waals surface area contributed by atoms with Crippen molar-refractivity contribution in [2.75, 3.05) is 33.5 Å². The molecule has 0 aromatic heterocycles. The molecule has 0 spiro atoms. The molecule has 2 saturated heterocycles. The van der Waals surface area contributed by atoms with Crippen LogP contribution in [0.5, 0.6) is 0 Å². The van der Waals surface area contributed by atoms with Crippen molar-refractivity contribution >= 4 is 11.9 Å². The summed E-state index contributed by atoms with van der Waals surface area (Å²) < 4.78 is 41.0. The van der Waals surface area contributed by atoms with Crippen LogP contribution in [0.15, 0.2) is 36.1 Å². The summed E-state index contributed by atoms with van der Waals surface area (Å²) in [6, 6.07) is 0. The van der Waals surface area contributed by atoms with Gasteiger partial charge in [0.05, 0.1) is 44.4 Å². The molecule has 0 aromatic carbocycles. The van der Waals surface area contributed by atoms with Crippen molar-refractivity contribution in [3.05, 3.63) is 36.1 Å². The first-order valence-corrected chi connectivity index (χ1v) is 17.5. The van der Waals surface area contributed by atoms with Crippen molar-refractivity contribution in [2.24, 2.45) is 5.41 Å². The van der Waals surface area contributed by atoms with Crippen LogP contribution < -0.4 is 0 Å². The zero-order valence-corrected chi connectivity index (χ0v) is 29.2. The first-order valence-electron chi connectivity index (χ1n) is 17.5. The zero-order chi connectivity index (χ0) is 35.2. The number of ether oxygens (including phenoxy) is 7. The van der Waals surface area contributed by atoms with Gasteiger partial charge in [-0.1, -0.05) is 59.1 Å². The normalized spacial score (nSPS) is 33.6. The van der Waals surface area contributed by atoms with Crippen LogP contribution in [0, 0.1) is 5.41 Å². The number of fused-ring (bicyclic) bond motifs is 4. The Kier molecular flexibility index (Phi) is 16.5. The molecule has 3 rings (SSSR count). The summed E-state index contributed by atoms with van der Waals surface area (Å²) in [6.45, 7) is 10.4. The van der Waals surface area contributed by atoms with E-state index in [1.807, 2.05) is 0 Å². The van der Waals surface area contributed by atoms with E-state index in [0.717, 1.165) is 25.7 Å². The number of rotatable bonds is 9. The number of esters is 2. The Bertz CT molecular complexity index is 1090. The number of methoxy groups -OCH3 is 1. The molecule has 274 valence electrons. The molecule has 0 radical (unpaired) electrons. The lowest BCUT2D eigenvalue weighted by Gasteiger charge is -2.51. The monoisotopic (exact) mass is 682 g/mol. The fraction of sp³-hybridized carbons (Fsp3) is 0.778. The smallest absolute Gasteiger partial charge is 0.330 e. The summed E-state index contributed by atoms with van der Waals surface area (Å²) >= 11 is 0. The SMILES string of the molecule is C=C1C[C@H](O)CCOCC[C@@H]2CCO[C@H](/C=C/C(C)(C)[C@]3(O)O[C@@H](C/C(=C\C(=O)OC)[C@@H]3OC(=O)CCCCCCC)C[C@H](CO)O1)O2. The van der Waals surface area contributed by atoms with Crippen LogP contribution in [0.4, 0.5) is 0 Å². The summed E-state index contributed by atoms with van der Waals surface area (Å²) in [5.41, 5.74) is -0.931. The minimum absolute atomic E-state index is 0.0779. The molecule has 3 aliphatic heterocycles. The van der Waals surface area contributed by atoms with Crippen LogP contribution in [-0.4, -0.2) is 103 Å². The van der Waals surface area contributed by atoms with E-state index in [9.17, 15) is 24.9 Å². The van der Waals surface area contributed by atoms with E-state index in [1.54, 1.807) is 26.0 Å². The molecule has 48 heavy (non-hydrogen) atoms. The molecule has 0 aliphatic carbocycles. The maximum atomic E-state index is 13.2. The highest BCUT2D eigenvalue weighted by molar-refractivity contribution is 5.83. The van der Waals surface area contributed by atoms with Crippen LogP contribution in [0.2, 0.25) is 0 Å². The number of aliphatic hydroxyl groups is 3. The third kappa shape index (κ3) is 12.2. The summed E-state index contributed by atoms with van der Waals surface area (Å²) in [6.07, 6.45) is 6.91. The molecule has 0 aromatic rings. The number of aliphatic hydroxyl groups excluding tert-OH is 2. The highest BCUT2D eigenvalue weighted by atomic mass is 16.7. The van der Waals surface area contributed by atoms with Crippen LogP contribution in [0.3, 0.4) is 0 Å². The minimum atomic E-state index is -2.18. The van der Waals surface area contributed by atoms with E-state index in [0.29, 0.717) is 51.1 Å². The molecule has 12 nitrogen and oxygen atoms in total. The van der Waals surface area contributed by atoms with E-state index in [4.69, 9.17) is 33.2 Å². The van der Waals surface area contributed by atoms with Gasteiger partial charge in [-0.05, 0) is 43.8 Å². The third-order valence-corrected chi connectivity index (χ3v) is 9.09. The molecule has 3 N–H and O–H groups in total. The van der Waals surface area contributed by atoms with Gasteiger partial charge in [-0.25, -0.2) is 4.79 Å².